The maximum atomic E-state index is 14.0. The van der Waals surface area contributed by atoms with E-state index in [-0.39, 0.29) is 27.5 Å². The van der Waals surface area contributed by atoms with Crippen LogP contribution >= 0.6 is 34.8 Å². The third kappa shape index (κ3) is 8.35. The predicted octanol–water partition coefficient (Wildman–Crippen LogP) is 7.19. The molecule has 0 heterocycles. The molecule has 2 atom stereocenters. The molecule has 14 heteroatoms. The monoisotopic (exact) mass is 677 g/mol. The number of nitrogens with zero attached hydrogens (tertiary/aromatic N) is 2. The van der Waals surface area contributed by atoms with Crippen LogP contribution in [0, 0.1) is 0 Å². The summed E-state index contributed by atoms with van der Waals surface area (Å²) in [6, 6.07) is 12.7. The van der Waals surface area contributed by atoms with Crippen molar-refractivity contribution >= 4 is 62.3 Å². The molecule has 2 unspecified atom stereocenters. The number of alkyl halides is 3. The maximum absolute atomic E-state index is 14.0. The van der Waals surface area contributed by atoms with Gasteiger partial charge in [0, 0.05) is 28.2 Å². The van der Waals surface area contributed by atoms with Crippen LogP contribution in [0.5, 0.6) is 0 Å². The number of benzene rings is 3. The summed E-state index contributed by atoms with van der Waals surface area (Å²) in [5, 5.41) is 2.52. The van der Waals surface area contributed by atoms with Gasteiger partial charge in [0.2, 0.25) is 11.8 Å². The summed E-state index contributed by atoms with van der Waals surface area (Å²) >= 11 is 18.5. The number of hydrogen-bond acceptors (Lipinski definition) is 4. The molecule has 0 aromatic heterocycles. The summed E-state index contributed by atoms with van der Waals surface area (Å²) in [7, 11) is -4.59. The fourth-order valence-electron chi connectivity index (χ4n) is 4.04. The largest absolute Gasteiger partial charge is 0.417 e. The summed E-state index contributed by atoms with van der Waals surface area (Å²) in [5.74, 6) is -1.43. The first kappa shape index (κ1) is 34.5. The molecule has 0 fully saturated rings. The van der Waals surface area contributed by atoms with E-state index in [1.807, 2.05) is 6.92 Å². The van der Waals surface area contributed by atoms with Crippen molar-refractivity contribution in [1.29, 1.82) is 0 Å². The Kier molecular flexibility index (Phi) is 11.4. The smallest absolute Gasteiger partial charge is 0.352 e. The number of amides is 2. The van der Waals surface area contributed by atoms with Crippen LogP contribution in [0.4, 0.5) is 18.9 Å². The lowest BCUT2D eigenvalue weighted by atomic mass is 10.1. The number of hydrogen-bond donors (Lipinski definition) is 1. The first-order valence-corrected chi connectivity index (χ1v) is 15.6. The quantitative estimate of drug-likeness (QED) is 0.233. The zero-order valence-corrected chi connectivity index (χ0v) is 26.4. The molecular formula is C29H29Cl3F3N3O4S. The second kappa shape index (κ2) is 14.2. The molecule has 2 amide bonds. The zero-order chi connectivity index (χ0) is 32.1. The van der Waals surface area contributed by atoms with Gasteiger partial charge in [0.15, 0.2) is 0 Å². The van der Waals surface area contributed by atoms with Gasteiger partial charge in [-0.05, 0) is 62.7 Å². The Morgan fingerprint density at radius 3 is 2.07 bits per heavy atom. The highest BCUT2D eigenvalue weighted by molar-refractivity contribution is 7.92. The summed E-state index contributed by atoms with van der Waals surface area (Å²) in [6.07, 6.45) is -4.31. The van der Waals surface area contributed by atoms with Crippen molar-refractivity contribution in [2.45, 2.75) is 56.9 Å². The lowest BCUT2D eigenvalue weighted by Crippen LogP contribution is -2.52. The SMILES string of the molecule is CCC(C)NC(=O)C(C)N(Cc1c(Cl)cccc1Cl)C(=O)CN(c1ccc(Cl)c(C(F)(F)F)c1)S(=O)(=O)c1ccccc1. The third-order valence-corrected chi connectivity index (χ3v) is 9.54. The molecule has 7 nitrogen and oxygen atoms in total. The Hall–Kier alpha value is -2.99. The highest BCUT2D eigenvalue weighted by Gasteiger charge is 2.37. The summed E-state index contributed by atoms with van der Waals surface area (Å²) in [6.45, 7) is 3.82. The number of sulfonamides is 1. The van der Waals surface area contributed by atoms with E-state index in [1.165, 1.54) is 43.3 Å². The van der Waals surface area contributed by atoms with E-state index < -0.39 is 56.9 Å². The molecule has 0 aliphatic carbocycles. The van der Waals surface area contributed by atoms with Crippen molar-refractivity contribution in [3.8, 4) is 0 Å². The van der Waals surface area contributed by atoms with Gasteiger partial charge in [-0.2, -0.15) is 13.2 Å². The standard InChI is InChI=1S/C29H29Cl3F3N3O4S/c1-4-18(2)36-28(40)19(3)37(16-22-24(30)11-8-12-25(22)31)27(39)17-38(43(41,42)21-9-6-5-7-10-21)20-13-14-26(32)23(15-20)29(33,34)35/h5-15,18-19H,4,16-17H2,1-3H3,(H,36,40). The number of carbonyl (C=O) groups excluding carboxylic acids is 2. The Balaban J connectivity index is 2.14. The average molecular weight is 679 g/mol. The fourth-order valence-corrected chi connectivity index (χ4v) is 6.20. The minimum atomic E-state index is -4.91. The van der Waals surface area contributed by atoms with Gasteiger partial charge in [-0.3, -0.25) is 13.9 Å². The third-order valence-electron chi connectivity index (χ3n) is 6.71. The van der Waals surface area contributed by atoms with Crippen LogP contribution in [-0.2, 0) is 32.3 Å². The predicted molar refractivity (Wildman–Crippen MR) is 162 cm³/mol. The second-order valence-corrected chi connectivity index (χ2v) is 12.8. The topological polar surface area (TPSA) is 86.8 Å². The van der Waals surface area contributed by atoms with Crippen molar-refractivity contribution in [3.05, 3.63) is 92.9 Å². The van der Waals surface area contributed by atoms with E-state index in [2.05, 4.69) is 5.32 Å². The average Bonchev–Trinajstić information content (AvgIpc) is 2.95. The van der Waals surface area contributed by atoms with Crippen molar-refractivity contribution in [2.24, 2.45) is 0 Å². The van der Waals surface area contributed by atoms with Crippen molar-refractivity contribution < 1.29 is 31.2 Å². The van der Waals surface area contributed by atoms with Gasteiger partial charge < -0.3 is 10.2 Å². The van der Waals surface area contributed by atoms with E-state index in [0.717, 1.165) is 17.0 Å². The molecule has 0 bridgehead atoms. The Morgan fingerprint density at radius 1 is 0.907 bits per heavy atom. The number of rotatable bonds is 11. The molecule has 232 valence electrons. The molecule has 0 radical (unpaired) electrons. The molecule has 0 saturated carbocycles. The molecule has 3 rings (SSSR count). The molecule has 3 aromatic rings. The molecule has 1 N–H and O–H groups in total. The Morgan fingerprint density at radius 2 is 1.51 bits per heavy atom. The minimum Gasteiger partial charge on any atom is -0.352 e. The Bertz CT molecular complexity index is 1550. The maximum Gasteiger partial charge on any atom is 0.417 e. The van der Waals surface area contributed by atoms with Gasteiger partial charge in [0.25, 0.3) is 10.0 Å². The normalized spacial score (nSPS) is 13.2. The van der Waals surface area contributed by atoms with Crippen molar-refractivity contribution in [1.82, 2.24) is 10.2 Å². The van der Waals surface area contributed by atoms with E-state index in [9.17, 15) is 31.2 Å². The van der Waals surface area contributed by atoms with E-state index in [4.69, 9.17) is 34.8 Å². The summed E-state index contributed by atoms with van der Waals surface area (Å²) in [4.78, 5) is 27.9. The summed E-state index contributed by atoms with van der Waals surface area (Å²) in [5.41, 5.74) is -1.44. The van der Waals surface area contributed by atoms with Gasteiger partial charge in [-0.1, -0.05) is 66.0 Å². The lowest BCUT2D eigenvalue weighted by Gasteiger charge is -2.33. The first-order chi connectivity index (χ1) is 20.1. The van der Waals surface area contributed by atoms with Crippen LogP contribution in [0.2, 0.25) is 15.1 Å². The van der Waals surface area contributed by atoms with Gasteiger partial charge in [-0.25, -0.2) is 8.42 Å². The minimum absolute atomic E-state index is 0.195. The molecular weight excluding hydrogens is 650 g/mol. The number of nitrogens with one attached hydrogen (secondary N) is 1. The van der Waals surface area contributed by atoms with Crippen LogP contribution in [0.15, 0.2) is 71.6 Å². The van der Waals surface area contributed by atoms with Gasteiger partial charge in [-0.15, -0.1) is 0 Å². The fraction of sp³-hybridized carbons (Fsp3) is 0.310. The van der Waals surface area contributed by atoms with Gasteiger partial charge in [0.05, 0.1) is 21.2 Å². The first-order valence-electron chi connectivity index (χ1n) is 13.0. The molecule has 0 saturated heterocycles. The van der Waals surface area contributed by atoms with E-state index in [0.29, 0.717) is 22.4 Å². The van der Waals surface area contributed by atoms with E-state index >= 15 is 0 Å². The second-order valence-electron chi connectivity index (χ2n) is 9.70. The highest BCUT2D eigenvalue weighted by atomic mass is 35.5. The van der Waals surface area contributed by atoms with Crippen LogP contribution in [0.1, 0.15) is 38.3 Å². The molecule has 43 heavy (non-hydrogen) atoms. The van der Waals surface area contributed by atoms with Crippen LogP contribution in [0.3, 0.4) is 0 Å². The van der Waals surface area contributed by atoms with Gasteiger partial charge >= 0.3 is 6.18 Å². The molecule has 0 spiro atoms. The van der Waals surface area contributed by atoms with Crippen LogP contribution in [-0.4, -0.2) is 43.8 Å². The number of carbonyl (C=O) groups is 2. The van der Waals surface area contributed by atoms with Crippen molar-refractivity contribution in [2.75, 3.05) is 10.8 Å². The Labute approximate surface area is 263 Å². The zero-order valence-electron chi connectivity index (χ0n) is 23.3. The highest BCUT2D eigenvalue weighted by Crippen LogP contribution is 2.38. The number of anilines is 1. The molecule has 0 aliphatic rings. The van der Waals surface area contributed by atoms with Crippen LogP contribution < -0.4 is 9.62 Å². The van der Waals surface area contributed by atoms with Gasteiger partial charge in [0.1, 0.15) is 12.6 Å². The van der Waals surface area contributed by atoms with E-state index in [1.54, 1.807) is 19.1 Å². The van der Waals surface area contributed by atoms with Crippen molar-refractivity contribution in [3.63, 3.8) is 0 Å². The summed E-state index contributed by atoms with van der Waals surface area (Å²) < 4.78 is 69.4. The number of halogens is 6. The lowest BCUT2D eigenvalue weighted by molar-refractivity contribution is -0.139. The molecule has 3 aromatic carbocycles. The van der Waals surface area contributed by atoms with Crippen LogP contribution in [0.25, 0.3) is 0 Å². The molecule has 0 aliphatic heterocycles.